The third-order valence-electron chi connectivity index (χ3n) is 5.12. The van der Waals surface area contributed by atoms with Gasteiger partial charge in [-0.15, -0.1) is 0 Å². The highest BCUT2D eigenvalue weighted by atomic mass is 35.5. The fraction of sp³-hybridized carbons (Fsp3) is 0.304. The van der Waals surface area contributed by atoms with Crippen molar-refractivity contribution in [3.63, 3.8) is 0 Å². The van der Waals surface area contributed by atoms with E-state index in [2.05, 4.69) is 9.88 Å². The first kappa shape index (κ1) is 21.1. The number of carbonyl (C=O) groups excluding carboxylic acids is 1. The summed E-state index contributed by atoms with van der Waals surface area (Å²) in [6.45, 7) is 5.21. The lowest BCUT2D eigenvalue weighted by Gasteiger charge is -2.35. The van der Waals surface area contributed by atoms with Gasteiger partial charge in [0.2, 0.25) is 5.95 Å². The average molecular weight is 441 g/mol. The van der Waals surface area contributed by atoms with Crippen molar-refractivity contribution >= 4 is 23.5 Å². The van der Waals surface area contributed by atoms with Gasteiger partial charge >= 0.3 is 0 Å². The van der Waals surface area contributed by atoms with Gasteiger partial charge in [-0.3, -0.25) is 9.36 Å². The molecule has 0 spiro atoms. The molecule has 0 radical (unpaired) electrons. The van der Waals surface area contributed by atoms with Crippen molar-refractivity contribution in [3.05, 3.63) is 65.9 Å². The molecule has 31 heavy (non-hydrogen) atoms. The Labute approximate surface area is 186 Å². The van der Waals surface area contributed by atoms with Crippen molar-refractivity contribution in [2.75, 3.05) is 44.3 Å². The lowest BCUT2D eigenvalue weighted by atomic mass is 10.3. The van der Waals surface area contributed by atoms with E-state index < -0.39 is 0 Å². The highest BCUT2D eigenvalue weighted by Crippen LogP contribution is 2.22. The van der Waals surface area contributed by atoms with Gasteiger partial charge in [-0.05, 0) is 49.4 Å². The van der Waals surface area contributed by atoms with Crippen LogP contribution in [0.15, 0.2) is 60.9 Å². The Bertz CT molecular complexity index is 1010. The predicted molar refractivity (Wildman–Crippen MR) is 120 cm³/mol. The van der Waals surface area contributed by atoms with Crippen LogP contribution in [0.2, 0.25) is 5.02 Å². The van der Waals surface area contributed by atoms with Crippen LogP contribution in [0.25, 0.3) is 5.69 Å². The molecule has 1 aliphatic heterocycles. The second-order valence-corrected chi connectivity index (χ2v) is 7.57. The van der Waals surface area contributed by atoms with Gasteiger partial charge < -0.3 is 19.3 Å². The molecular weight excluding hydrogens is 416 g/mol. The molecule has 0 saturated carbocycles. The van der Waals surface area contributed by atoms with Gasteiger partial charge in [-0.25, -0.2) is 4.98 Å². The van der Waals surface area contributed by atoms with Crippen molar-refractivity contribution in [1.82, 2.24) is 14.5 Å². The zero-order valence-electron chi connectivity index (χ0n) is 17.4. The Hall–Kier alpha value is -3.19. The number of hydrogen-bond acceptors (Lipinski definition) is 5. The molecule has 0 N–H and O–H groups in total. The largest absolute Gasteiger partial charge is 0.494 e. The third-order valence-corrected chi connectivity index (χ3v) is 5.35. The average Bonchev–Trinajstić information content (AvgIpc) is 3.29. The standard InChI is InChI=1S/C23H25ClN4O3/c1-2-30-20-6-8-21(9-7-20)31-17-22(29)26-12-14-27(15-13-26)23-25-10-11-28(23)19-5-3-4-18(24)16-19/h3-11,16H,2,12-15,17H2,1H3. The number of nitrogens with zero attached hydrogens (tertiary/aromatic N) is 4. The number of rotatable bonds is 7. The van der Waals surface area contributed by atoms with Crippen molar-refractivity contribution in [1.29, 1.82) is 0 Å². The number of piperazine rings is 1. The fourth-order valence-electron chi connectivity index (χ4n) is 3.55. The molecule has 1 aromatic heterocycles. The Kier molecular flexibility index (Phi) is 6.62. The van der Waals surface area contributed by atoms with Gasteiger partial charge in [0.1, 0.15) is 11.5 Å². The summed E-state index contributed by atoms with van der Waals surface area (Å²) >= 11 is 6.14. The Balaban J connectivity index is 1.31. The molecule has 1 aliphatic rings. The molecule has 3 aromatic rings. The topological polar surface area (TPSA) is 59.8 Å². The summed E-state index contributed by atoms with van der Waals surface area (Å²) in [7, 11) is 0. The minimum Gasteiger partial charge on any atom is -0.494 e. The number of benzene rings is 2. The molecule has 0 bridgehead atoms. The van der Waals surface area contributed by atoms with Crippen LogP contribution in [-0.4, -0.2) is 59.8 Å². The number of halogens is 1. The van der Waals surface area contributed by atoms with E-state index in [1.165, 1.54) is 0 Å². The second kappa shape index (κ2) is 9.75. The van der Waals surface area contributed by atoms with Crippen LogP contribution >= 0.6 is 11.6 Å². The molecule has 162 valence electrons. The molecule has 1 fully saturated rings. The maximum absolute atomic E-state index is 12.6. The van der Waals surface area contributed by atoms with E-state index in [0.717, 1.165) is 17.4 Å². The molecule has 0 atom stereocenters. The number of anilines is 1. The Morgan fingerprint density at radius 1 is 1.03 bits per heavy atom. The van der Waals surface area contributed by atoms with E-state index in [1.54, 1.807) is 6.20 Å². The molecule has 0 aliphatic carbocycles. The summed E-state index contributed by atoms with van der Waals surface area (Å²) in [5.74, 6) is 2.26. The van der Waals surface area contributed by atoms with Gasteiger partial charge in [0.05, 0.1) is 6.61 Å². The summed E-state index contributed by atoms with van der Waals surface area (Å²) in [6, 6.07) is 15.0. The summed E-state index contributed by atoms with van der Waals surface area (Å²) in [6.07, 6.45) is 3.70. The lowest BCUT2D eigenvalue weighted by Crippen LogP contribution is -2.50. The van der Waals surface area contributed by atoms with Crippen LogP contribution < -0.4 is 14.4 Å². The van der Waals surface area contributed by atoms with Crippen LogP contribution in [-0.2, 0) is 4.79 Å². The molecule has 2 heterocycles. The summed E-state index contributed by atoms with van der Waals surface area (Å²) in [5, 5.41) is 0.681. The maximum Gasteiger partial charge on any atom is 0.260 e. The first-order chi connectivity index (χ1) is 15.1. The second-order valence-electron chi connectivity index (χ2n) is 7.14. The third kappa shape index (κ3) is 5.11. The van der Waals surface area contributed by atoms with Gasteiger partial charge in [0.15, 0.2) is 6.61 Å². The van der Waals surface area contributed by atoms with Gasteiger partial charge in [0.25, 0.3) is 5.91 Å². The first-order valence-electron chi connectivity index (χ1n) is 10.3. The lowest BCUT2D eigenvalue weighted by molar-refractivity contribution is -0.133. The van der Waals surface area contributed by atoms with Crippen molar-refractivity contribution in [3.8, 4) is 17.2 Å². The van der Waals surface area contributed by atoms with Crippen molar-refractivity contribution < 1.29 is 14.3 Å². The van der Waals surface area contributed by atoms with Crippen LogP contribution in [0.4, 0.5) is 5.95 Å². The zero-order valence-corrected chi connectivity index (χ0v) is 18.2. The SMILES string of the molecule is CCOc1ccc(OCC(=O)N2CCN(c3nccn3-c3cccc(Cl)c3)CC2)cc1. The van der Waals surface area contributed by atoms with Crippen LogP contribution in [0.3, 0.4) is 0 Å². The Morgan fingerprint density at radius 3 is 2.42 bits per heavy atom. The number of ether oxygens (including phenoxy) is 2. The van der Waals surface area contributed by atoms with E-state index in [9.17, 15) is 4.79 Å². The van der Waals surface area contributed by atoms with E-state index in [4.69, 9.17) is 21.1 Å². The fourth-order valence-corrected chi connectivity index (χ4v) is 3.73. The molecule has 7 nitrogen and oxygen atoms in total. The van der Waals surface area contributed by atoms with Crippen molar-refractivity contribution in [2.24, 2.45) is 0 Å². The molecule has 0 unspecified atom stereocenters. The molecule has 4 rings (SSSR count). The quantitative estimate of drug-likeness (QED) is 0.561. The van der Waals surface area contributed by atoms with Gasteiger partial charge in [-0.1, -0.05) is 17.7 Å². The highest BCUT2D eigenvalue weighted by Gasteiger charge is 2.24. The van der Waals surface area contributed by atoms with Crippen LogP contribution in [0.1, 0.15) is 6.92 Å². The van der Waals surface area contributed by atoms with Gasteiger partial charge in [-0.2, -0.15) is 0 Å². The number of amides is 1. The minimum atomic E-state index is -0.0216. The summed E-state index contributed by atoms with van der Waals surface area (Å²) in [4.78, 5) is 21.1. The summed E-state index contributed by atoms with van der Waals surface area (Å²) < 4.78 is 13.1. The number of imidazole rings is 1. The van der Waals surface area contributed by atoms with Crippen LogP contribution in [0, 0.1) is 0 Å². The van der Waals surface area contributed by atoms with E-state index in [-0.39, 0.29) is 12.5 Å². The van der Waals surface area contributed by atoms with E-state index in [1.807, 2.05) is 71.1 Å². The molecule has 1 amide bonds. The monoisotopic (exact) mass is 440 g/mol. The first-order valence-corrected chi connectivity index (χ1v) is 10.7. The molecule has 8 heteroatoms. The number of aromatic nitrogens is 2. The minimum absolute atomic E-state index is 0.0190. The number of hydrogen-bond donors (Lipinski definition) is 0. The van der Waals surface area contributed by atoms with E-state index >= 15 is 0 Å². The highest BCUT2D eigenvalue weighted by molar-refractivity contribution is 6.30. The van der Waals surface area contributed by atoms with Crippen LogP contribution in [0.5, 0.6) is 11.5 Å². The maximum atomic E-state index is 12.6. The summed E-state index contributed by atoms with van der Waals surface area (Å²) in [5.41, 5.74) is 0.960. The zero-order chi connectivity index (χ0) is 21.6. The van der Waals surface area contributed by atoms with E-state index in [0.29, 0.717) is 43.6 Å². The van der Waals surface area contributed by atoms with Crippen molar-refractivity contribution in [2.45, 2.75) is 6.92 Å². The molecule has 1 saturated heterocycles. The molecule has 2 aromatic carbocycles. The predicted octanol–water partition coefficient (Wildman–Crippen LogP) is 3.65. The Morgan fingerprint density at radius 2 is 1.74 bits per heavy atom. The van der Waals surface area contributed by atoms with Gasteiger partial charge in [0, 0.05) is 49.3 Å². The smallest absolute Gasteiger partial charge is 0.260 e. The normalized spacial score (nSPS) is 13.9. The number of carbonyl (C=O) groups is 1. The molecular formula is C23H25ClN4O3.